The number of anilines is 1. The molecule has 1 atom stereocenters. The molecule has 1 fully saturated rings. The van der Waals surface area contributed by atoms with E-state index >= 15 is 0 Å². The second-order valence-corrected chi connectivity index (χ2v) is 5.50. The van der Waals surface area contributed by atoms with Crippen LogP contribution in [0.4, 0.5) is 10.5 Å². The third kappa shape index (κ3) is 2.33. The molecule has 3 rings (SSSR count). The first-order valence-corrected chi connectivity index (χ1v) is 7.06. The highest BCUT2D eigenvalue weighted by Gasteiger charge is 2.26. The van der Waals surface area contributed by atoms with Crippen molar-refractivity contribution < 1.29 is 14.6 Å². The molecule has 0 saturated carbocycles. The van der Waals surface area contributed by atoms with Gasteiger partial charge in [-0.1, -0.05) is 12.1 Å². The summed E-state index contributed by atoms with van der Waals surface area (Å²) in [5.74, 6) is 0. The highest BCUT2D eigenvalue weighted by atomic mass is 16.5. The fraction of sp³-hybridized carbons (Fsp3) is 0.533. The Balaban J connectivity index is 1.90. The fourth-order valence-corrected chi connectivity index (χ4v) is 3.08. The smallest absolute Gasteiger partial charge is 0.407 e. The lowest BCUT2D eigenvalue weighted by molar-refractivity contribution is 0.140. The van der Waals surface area contributed by atoms with E-state index < -0.39 is 6.09 Å². The minimum Gasteiger partial charge on any atom is -0.465 e. The van der Waals surface area contributed by atoms with E-state index in [1.807, 2.05) is 0 Å². The number of likely N-dealkylation sites (N-methyl/N-ethyl adjacent to an activating group) is 1. The molecule has 0 bridgehead atoms. The molecule has 108 valence electrons. The predicted molar refractivity (Wildman–Crippen MR) is 76.2 cm³/mol. The monoisotopic (exact) mass is 276 g/mol. The number of carbonyl (C=O) groups is 1. The third-order valence-electron chi connectivity index (χ3n) is 4.35. The van der Waals surface area contributed by atoms with Gasteiger partial charge in [-0.25, -0.2) is 4.79 Å². The van der Waals surface area contributed by atoms with Crippen LogP contribution in [0.2, 0.25) is 0 Å². The highest BCUT2D eigenvalue weighted by Crippen LogP contribution is 2.30. The normalized spacial score (nSPS) is 21.6. The summed E-state index contributed by atoms with van der Waals surface area (Å²) < 4.78 is 5.46. The molecule has 2 aliphatic heterocycles. The van der Waals surface area contributed by atoms with Crippen molar-refractivity contribution in [2.24, 2.45) is 0 Å². The summed E-state index contributed by atoms with van der Waals surface area (Å²) in [4.78, 5) is 14.9. The van der Waals surface area contributed by atoms with Crippen LogP contribution in [0.25, 0.3) is 0 Å². The molecular weight excluding hydrogens is 256 g/mol. The maximum atomic E-state index is 11.2. The maximum absolute atomic E-state index is 11.2. The summed E-state index contributed by atoms with van der Waals surface area (Å²) in [6.07, 6.45) is 0.991. The Morgan fingerprint density at radius 3 is 3.05 bits per heavy atom. The Hall–Kier alpha value is -1.75. The van der Waals surface area contributed by atoms with Crippen LogP contribution in [0.1, 0.15) is 17.5 Å². The molecule has 1 unspecified atom stereocenters. The van der Waals surface area contributed by atoms with Gasteiger partial charge in [0.15, 0.2) is 0 Å². The van der Waals surface area contributed by atoms with Crippen molar-refractivity contribution in [3.63, 3.8) is 0 Å². The molecule has 5 nitrogen and oxygen atoms in total. The standard InChI is InChI=1S/C15H20N2O3/c1-16(12-6-8-20-10-12)14-4-2-3-11-5-7-17(15(18)19)9-13(11)14/h2-4,12H,5-10H2,1H3,(H,18,19). The Bertz CT molecular complexity index is 512. The minimum atomic E-state index is -0.836. The molecule has 0 radical (unpaired) electrons. The van der Waals surface area contributed by atoms with Gasteiger partial charge in [0, 0.05) is 25.9 Å². The summed E-state index contributed by atoms with van der Waals surface area (Å²) in [6, 6.07) is 6.65. The second kappa shape index (κ2) is 5.32. The molecule has 0 spiro atoms. The van der Waals surface area contributed by atoms with Crippen molar-refractivity contribution >= 4 is 11.8 Å². The molecule has 1 aromatic carbocycles. The lowest BCUT2D eigenvalue weighted by Gasteiger charge is -2.33. The summed E-state index contributed by atoms with van der Waals surface area (Å²) >= 11 is 0. The Kier molecular flexibility index (Phi) is 3.53. The van der Waals surface area contributed by atoms with Crippen molar-refractivity contribution in [2.75, 3.05) is 31.7 Å². The molecule has 5 heteroatoms. The van der Waals surface area contributed by atoms with Crippen molar-refractivity contribution in [3.8, 4) is 0 Å². The summed E-state index contributed by atoms with van der Waals surface area (Å²) in [5.41, 5.74) is 3.56. The fourth-order valence-electron chi connectivity index (χ4n) is 3.08. The molecule has 1 saturated heterocycles. The zero-order valence-corrected chi connectivity index (χ0v) is 11.7. The van der Waals surface area contributed by atoms with E-state index in [0.29, 0.717) is 19.1 Å². The van der Waals surface area contributed by atoms with Crippen LogP contribution < -0.4 is 4.90 Å². The van der Waals surface area contributed by atoms with Crippen LogP contribution in [0.5, 0.6) is 0 Å². The first kappa shape index (κ1) is 13.2. The third-order valence-corrected chi connectivity index (χ3v) is 4.35. The minimum absolute atomic E-state index is 0.390. The molecule has 1 amide bonds. The zero-order valence-electron chi connectivity index (χ0n) is 11.7. The molecule has 2 heterocycles. The molecule has 1 aromatic rings. The number of benzene rings is 1. The van der Waals surface area contributed by atoms with E-state index in [1.165, 1.54) is 10.5 Å². The van der Waals surface area contributed by atoms with Crippen molar-refractivity contribution in [1.29, 1.82) is 0 Å². The topological polar surface area (TPSA) is 53.0 Å². The number of nitrogens with zero attached hydrogens (tertiary/aromatic N) is 2. The molecular formula is C15H20N2O3. The van der Waals surface area contributed by atoms with Gasteiger partial charge in [0.05, 0.1) is 19.2 Å². The number of ether oxygens (including phenoxy) is 1. The van der Waals surface area contributed by atoms with Gasteiger partial charge < -0.3 is 19.6 Å². The van der Waals surface area contributed by atoms with Crippen LogP contribution in [0.3, 0.4) is 0 Å². The maximum Gasteiger partial charge on any atom is 0.407 e. The summed E-state index contributed by atoms with van der Waals surface area (Å²) in [5, 5.41) is 9.20. The summed E-state index contributed by atoms with van der Waals surface area (Å²) in [6.45, 7) is 2.63. The first-order valence-electron chi connectivity index (χ1n) is 7.06. The van der Waals surface area contributed by atoms with Crippen LogP contribution in [0.15, 0.2) is 18.2 Å². The van der Waals surface area contributed by atoms with Gasteiger partial charge in [-0.05, 0) is 30.0 Å². The quantitative estimate of drug-likeness (QED) is 0.897. The van der Waals surface area contributed by atoms with E-state index in [4.69, 9.17) is 4.74 Å². The number of amides is 1. The Labute approximate surface area is 118 Å². The molecule has 0 aliphatic carbocycles. The van der Waals surface area contributed by atoms with Crippen LogP contribution in [-0.4, -0.2) is 48.9 Å². The van der Waals surface area contributed by atoms with E-state index in [1.54, 1.807) is 0 Å². The van der Waals surface area contributed by atoms with Crippen LogP contribution in [-0.2, 0) is 17.7 Å². The number of fused-ring (bicyclic) bond motifs is 1. The second-order valence-electron chi connectivity index (χ2n) is 5.50. The molecule has 1 N–H and O–H groups in total. The van der Waals surface area contributed by atoms with E-state index in [-0.39, 0.29) is 0 Å². The lowest BCUT2D eigenvalue weighted by Crippen LogP contribution is -2.38. The van der Waals surface area contributed by atoms with Gasteiger partial charge in [0.2, 0.25) is 0 Å². The largest absolute Gasteiger partial charge is 0.465 e. The van der Waals surface area contributed by atoms with Gasteiger partial charge in [0.25, 0.3) is 0 Å². The van der Waals surface area contributed by atoms with Gasteiger partial charge in [-0.3, -0.25) is 0 Å². The lowest BCUT2D eigenvalue weighted by atomic mass is 9.97. The number of rotatable bonds is 2. The van der Waals surface area contributed by atoms with E-state index in [0.717, 1.165) is 37.3 Å². The molecule has 20 heavy (non-hydrogen) atoms. The number of hydrogen-bond donors (Lipinski definition) is 1. The average molecular weight is 276 g/mol. The Morgan fingerprint density at radius 2 is 2.35 bits per heavy atom. The van der Waals surface area contributed by atoms with Gasteiger partial charge >= 0.3 is 6.09 Å². The van der Waals surface area contributed by atoms with Crippen LogP contribution in [0, 0.1) is 0 Å². The highest BCUT2D eigenvalue weighted by molar-refractivity contribution is 5.67. The average Bonchev–Trinajstić information content (AvgIpc) is 2.99. The number of hydrogen-bond acceptors (Lipinski definition) is 3. The van der Waals surface area contributed by atoms with Gasteiger partial charge in [-0.15, -0.1) is 0 Å². The van der Waals surface area contributed by atoms with Gasteiger partial charge in [-0.2, -0.15) is 0 Å². The summed E-state index contributed by atoms with van der Waals surface area (Å²) in [7, 11) is 2.08. The zero-order chi connectivity index (χ0) is 14.1. The van der Waals surface area contributed by atoms with Crippen molar-refractivity contribution in [2.45, 2.75) is 25.4 Å². The van der Waals surface area contributed by atoms with Crippen LogP contribution >= 0.6 is 0 Å². The molecule has 2 aliphatic rings. The van der Waals surface area contributed by atoms with Crippen molar-refractivity contribution in [1.82, 2.24) is 4.90 Å². The van der Waals surface area contributed by atoms with Gasteiger partial charge in [0.1, 0.15) is 0 Å². The van der Waals surface area contributed by atoms with E-state index in [9.17, 15) is 9.90 Å². The van der Waals surface area contributed by atoms with Crippen molar-refractivity contribution in [3.05, 3.63) is 29.3 Å². The Morgan fingerprint density at radius 1 is 1.50 bits per heavy atom. The number of carboxylic acid groups (broad SMARTS) is 1. The van der Waals surface area contributed by atoms with E-state index in [2.05, 4.69) is 30.1 Å². The first-order chi connectivity index (χ1) is 9.66. The SMILES string of the molecule is CN(c1cccc2c1CN(C(=O)O)CC2)C1CCOC1. The molecule has 0 aromatic heterocycles. The predicted octanol–water partition coefficient (Wildman–Crippen LogP) is 1.95.